The average molecular weight is 170 g/mol. The van der Waals surface area contributed by atoms with Gasteiger partial charge in [-0.25, -0.2) is 4.79 Å². The van der Waals surface area contributed by atoms with E-state index in [1.165, 1.54) is 13.1 Å². The molecule has 0 aromatic carbocycles. The predicted molar refractivity (Wildman–Crippen MR) is 43.5 cm³/mol. The molecule has 0 unspecified atom stereocenters. The molecule has 0 aliphatic carbocycles. The van der Waals surface area contributed by atoms with E-state index in [0.717, 1.165) is 4.57 Å². The minimum absolute atomic E-state index is 0.214. The maximum Gasteiger partial charge on any atom is 0.330 e. The molecule has 5 heteroatoms. The predicted octanol–water partition coefficient (Wildman–Crippen LogP) is -0.528. The van der Waals surface area contributed by atoms with Gasteiger partial charge in [0.2, 0.25) is 0 Å². The van der Waals surface area contributed by atoms with Crippen LogP contribution in [0, 0.1) is 0 Å². The molecule has 0 saturated carbocycles. The second kappa shape index (κ2) is 3.25. The fraction of sp³-hybridized carbons (Fsp3) is 0.429. The fourth-order valence-electron chi connectivity index (χ4n) is 0.768. The number of aromatic nitrogens is 2. The summed E-state index contributed by atoms with van der Waals surface area (Å²) in [5.41, 5.74) is -0.840. The minimum atomic E-state index is -0.467. The van der Waals surface area contributed by atoms with Gasteiger partial charge in [-0.1, -0.05) is 0 Å². The van der Waals surface area contributed by atoms with Gasteiger partial charge in [0.25, 0.3) is 5.56 Å². The monoisotopic (exact) mass is 170 g/mol. The molecular formula is C7H10N2O3. The Morgan fingerprint density at radius 3 is 2.75 bits per heavy atom. The van der Waals surface area contributed by atoms with Crippen molar-refractivity contribution in [3.8, 4) is 5.88 Å². The van der Waals surface area contributed by atoms with Gasteiger partial charge in [0.1, 0.15) is 0 Å². The number of H-pyrrole nitrogens is 1. The number of ether oxygens (including phenoxy) is 1. The van der Waals surface area contributed by atoms with E-state index in [1.807, 2.05) is 0 Å². The number of aromatic amines is 1. The van der Waals surface area contributed by atoms with Gasteiger partial charge in [-0.05, 0) is 6.92 Å². The van der Waals surface area contributed by atoms with Crippen LogP contribution in [0.15, 0.2) is 15.7 Å². The first-order chi connectivity index (χ1) is 5.65. The third-order valence-corrected chi connectivity index (χ3v) is 1.42. The highest BCUT2D eigenvalue weighted by Gasteiger charge is 1.99. The van der Waals surface area contributed by atoms with Crippen LogP contribution in [0.4, 0.5) is 0 Å². The molecule has 0 aliphatic rings. The van der Waals surface area contributed by atoms with E-state index in [4.69, 9.17) is 4.74 Å². The highest BCUT2D eigenvalue weighted by atomic mass is 16.5. The fourth-order valence-corrected chi connectivity index (χ4v) is 0.768. The molecule has 0 spiro atoms. The van der Waals surface area contributed by atoms with Crippen LogP contribution in [0.25, 0.3) is 0 Å². The van der Waals surface area contributed by atoms with Crippen LogP contribution in [0.2, 0.25) is 0 Å². The van der Waals surface area contributed by atoms with Crippen molar-refractivity contribution < 1.29 is 4.74 Å². The Labute approximate surface area is 68.6 Å². The molecule has 1 N–H and O–H groups in total. The zero-order valence-corrected chi connectivity index (χ0v) is 6.96. The summed E-state index contributed by atoms with van der Waals surface area (Å²) in [5, 5.41) is 0. The molecule has 0 aliphatic heterocycles. The van der Waals surface area contributed by atoms with Crippen molar-refractivity contribution in [1.29, 1.82) is 0 Å². The first-order valence-corrected chi connectivity index (χ1v) is 3.58. The largest absolute Gasteiger partial charge is 0.479 e. The molecule has 1 aromatic heterocycles. The number of rotatable bonds is 2. The molecule has 0 fully saturated rings. The van der Waals surface area contributed by atoms with E-state index in [2.05, 4.69) is 4.98 Å². The quantitative estimate of drug-likeness (QED) is 0.649. The molecule has 0 radical (unpaired) electrons. The summed E-state index contributed by atoms with van der Waals surface area (Å²) in [7, 11) is 1.40. The van der Waals surface area contributed by atoms with Crippen molar-refractivity contribution in [3.05, 3.63) is 26.9 Å². The molecule has 1 aromatic rings. The summed E-state index contributed by atoms with van der Waals surface area (Å²) in [5.74, 6) is 0.214. The van der Waals surface area contributed by atoms with Crippen LogP contribution in [-0.2, 0) is 7.05 Å². The van der Waals surface area contributed by atoms with E-state index in [0.29, 0.717) is 6.61 Å². The SMILES string of the molecule is CCOc1cc(=O)n(C)c(=O)[nH]1. The van der Waals surface area contributed by atoms with E-state index in [1.54, 1.807) is 6.92 Å². The maximum absolute atomic E-state index is 11.0. The Bertz CT molecular complexity index is 346. The molecule has 12 heavy (non-hydrogen) atoms. The summed E-state index contributed by atoms with van der Waals surface area (Å²) >= 11 is 0. The Balaban J connectivity index is 3.22. The number of hydrogen-bond acceptors (Lipinski definition) is 3. The first kappa shape index (κ1) is 8.58. The van der Waals surface area contributed by atoms with E-state index in [-0.39, 0.29) is 11.4 Å². The molecule has 5 nitrogen and oxygen atoms in total. The summed E-state index contributed by atoms with van der Waals surface area (Å²) in [4.78, 5) is 24.4. The summed E-state index contributed by atoms with van der Waals surface area (Å²) in [6.45, 7) is 2.19. The van der Waals surface area contributed by atoms with Gasteiger partial charge in [0.15, 0.2) is 5.88 Å². The summed E-state index contributed by atoms with van der Waals surface area (Å²) in [6.07, 6.45) is 0. The van der Waals surface area contributed by atoms with Gasteiger partial charge in [0.05, 0.1) is 12.7 Å². The zero-order valence-electron chi connectivity index (χ0n) is 6.96. The molecular weight excluding hydrogens is 160 g/mol. The molecule has 0 bridgehead atoms. The van der Waals surface area contributed by atoms with Gasteiger partial charge < -0.3 is 4.74 Å². The lowest BCUT2D eigenvalue weighted by Gasteiger charge is -2.01. The lowest BCUT2D eigenvalue weighted by molar-refractivity contribution is 0.323. The smallest absolute Gasteiger partial charge is 0.330 e. The normalized spacial score (nSPS) is 9.83. The van der Waals surface area contributed by atoms with Crippen LogP contribution in [0.1, 0.15) is 6.92 Å². The Morgan fingerprint density at radius 1 is 1.58 bits per heavy atom. The number of nitrogens with one attached hydrogen (secondary N) is 1. The van der Waals surface area contributed by atoms with E-state index < -0.39 is 5.69 Å². The van der Waals surface area contributed by atoms with Crippen LogP contribution >= 0.6 is 0 Å². The van der Waals surface area contributed by atoms with Gasteiger partial charge in [0, 0.05) is 7.05 Å². The molecule has 0 amide bonds. The van der Waals surface area contributed by atoms with Gasteiger partial charge in [-0.15, -0.1) is 0 Å². The lowest BCUT2D eigenvalue weighted by atomic mass is 10.6. The van der Waals surface area contributed by atoms with Crippen molar-refractivity contribution >= 4 is 0 Å². The van der Waals surface area contributed by atoms with E-state index >= 15 is 0 Å². The second-order valence-corrected chi connectivity index (χ2v) is 2.27. The summed E-state index contributed by atoms with van der Waals surface area (Å²) < 4.78 is 5.93. The molecule has 0 saturated heterocycles. The maximum atomic E-state index is 11.0. The molecule has 0 atom stereocenters. The van der Waals surface area contributed by atoms with Gasteiger partial charge in [-0.2, -0.15) is 0 Å². The van der Waals surface area contributed by atoms with Crippen LogP contribution < -0.4 is 16.0 Å². The Kier molecular flexibility index (Phi) is 2.32. The van der Waals surface area contributed by atoms with Crippen molar-refractivity contribution in [1.82, 2.24) is 9.55 Å². The zero-order chi connectivity index (χ0) is 9.14. The molecule has 1 heterocycles. The average Bonchev–Trinajstić information content (AvgIpc) is 2.01. The lowest BCUT2D eigenvalue weighted by Crippen LogP contribution is -2.31. The highest BCUT2D eigenvalue weighted by molar-refractivity contribution is 5.05. The first-order valence-electron chi connectivity index (χ1n) is 3.58. The summed E-state index contributed by atoms with van der Waals surface area (Å²) in [6, 6.07) is 1.24. The minimum Gasteiger partial charge on any atom is -0.479 e. The van der Waals surface area contributed by atoms with E-state index in [9.17, 15) is 9.59 Å². The van der Waals surface area contributed by atoms with Gasteiger partial charge in [-0.3, -0.25) is 14.3 Å². The Morgan fingerprint density at radius 2 is 2.25 bits per heavy atom. The van der Waals surface area contributed by atoms with Gasteiger partial charge >= 0.3 is 5.69 Å². The van der Waals surface area contributed by atoms with Crippen molar-refractivity contribution in [3.63, 3.8) is 0 Å². The standard InChI is InChI=1S/C7H10N2O3/c1-3-12-5-4-6(10)9(2)7(11)8-5/h4H,3H2,1-2H3,(H,8,11). The molecule has 66 valence electrons. The van der Waals surface area contributed by atoms with Crippen LogP contribution in [-0.4, -0.2) is 16.2 Å². The molecule has 1 rings (SSSR count). The Hall–Kier alpha value is -1.52. The highest BCUT2D eigenvalue weighted by Crippen LogP contribution is 1.95. The second-order valence-electron chi connectivity index (χ2n) is 2.27. The van der Waals surface area contributed by atoms with Crippen molar-refractivity contribution in [2.24, 2.45) is 7.05 Å². The third kappa shape index (κ3) is 1.55. The van der Waals surface area contributed by atoms with Crippen molar-refractivity contribution in [2.75, 3.05) is 6.61 Å². The number of nitrogens with zero attached hydrogens (tertiary/aromatic N) is 1. The third-order valence-electron chi connectivity index (χ3n) is 1.42. The van der Waals surface area contributed by atoms with Crippen LogP contribution in [0.5, 0.6) is 5.88 Å². The van der Waals surface area contributed by atoms with Crippen molar-refractivity contribution in [2.45, 2.75) is 6.92 Å². The number of hydrogen-bond donors (Lipinski definition) is 1. The van der Waals surface area contributed by atoms with Crippen LogP contribution in [0.3, 0.4) is 0 Å². The topological polar surface area (TPSA) is 64.1 Å².